The summed E-state index contributed by atoms with van der Waals surface area (Å²) in [5, 5.41) is 4.37. The third kappa shape index (κ3) is 2.41. The molecular weight excluding hydrogens is 360 g/mol. The summed E-state index contributed by atoms with van der Waals surface area (Å²) >= 11 is 1.42. The van der Waals surface area contributed by atoms with Gasteiger partial charge >= 0.3 is 0 Å². The minimum Gasteiger partial charge on any atom is -0.466 e. The van der Waals surface area contributed by atoms with Gasteiger partial charge in [0, 0.05) is 29.8 Å². The molecule has 5 rings (SSSR count). The zero-order valence-electron chi connectivity index (χ0n) is 15.5. The molecule has 0 aliphatic carbocycles. The van der Waals surface area contributed by atoms with Crippen LogP contribution >= 0.6 is 11.3 Å². The molecule has 0 N–H and O–H groups in total. The first kappa shape index (κ1) is 16.5. The predicted molar refractivity (Wildman–Crippen MR) is 104 cm³/mol. The number of rotatable bonds is 2. The molecule has 2 aliphatic rings. The van der Waals surface area contributed by atoms with E-state index in [0.29, 0.717) is 11.0 Å². The first-order valence-electron chi connectivity index (χ1n) is 9.12. The number of para-hydroxylation sites is 1. The molecule has 2 unspecified atom stereocenters. The number of ether oxygens (including phenoxy) is 1. The fraction of sp³-hybridized carbons (Fsp3) is 0.350. The highest BCUT2D eigenvalue weighted by Crippen LogP contribution is 2.42. The van der Waals surface area contributed by atoms with Gasteiger partial charge in [0.25, 0.3) is 5.56 Å². The van der Waals surface area contributed by atoms with Gasteiger partial charge in [0.2, 0.25) is 5.72 Å². The first-order valence-corrected chi connectivity index (χ1v) is 9.94. The van der Waals surface area contributed by atoms with E-state index < -0.39 is 5.72 Å². The number of hydrogen-bond acceptors (Lipinski definition) is 5. The molecule has 7 heteroatoms. The van der Waals surface area contributed by atoms with Crippen molar-refractivity contribution in [3.8, 4) is 5.75 Å². The van der Waals surface area contributed by atoms with Gasteiger partial charge in [0.15, 0.2) is 4.80 Å². The molecule has 0 saturated heterocycles. The summed E-state index contributed by atoms with van der Waals surface area (Å²) in [6.07, 6.45) is 4.41. The summed E-state index contributed by atoms with van der Waals surface area (Å²) in [5.41, 5.74) is 2.46. The van der Waals surface area contributed by atoms with Crippen molar-refractivity contribution in [1.82, 2.24) is 14.3 Å². The van der Waals surface area contributed by atoms with Crippen LogP contribution in [0.15, 0.2) is 40.2 Å². The Bertz CT molecular complexity index is 1240. The highest BCUT2D eigenvalue weighted by Gasteiger charge is 2.42. The smallest absolute Gasteiger partial charge is 0.270 e. The minimum atomic E-state index is -0.628. The molecule has 2 aromatic heterocycles. The van der Waals surface area contributed by atoms with Crippen molar-refractivity contribution in [3.63, 3.8) is 0 Å². The van der Waals surface area contributed by atoms with Gasteiger partial charge in [-0.05, 0) is 32.9 Å². The van der Waals surface area contributed by atoms with Crippen LogP contribution in [0.2, 0.25) is 0 Å². The van der Waals surface area contributed by atoms with Crippen LogP contribution in [0.1, 0.15) is 43.1 Å². The summed E-state index contributed by atoms with van der Waals surface area (Å²) in [5.74, 6) is 0.814. The second kappa shape index (κ2) is 5.66. The third-order valence-electron chi connectivity index (χ3n) is 5.39. The molecule has 138 valence electrons. The molecule has 0 fully saturated rings. The van der Waals surface area contributed by atoms with E-state index in [-0.39, 0.29) is 11.6 Å². The van der Waals surface area contributed by atoms with E-state index in [1.165, 1.54) is 11.3 Å². The minimum absolute atomic E-state index is 0.00570. The largest absolute Gasteiger partial charge is 0.466 e. The number of benzene rings is 1. The van der Waals surface area contributed by atoms with Gasteiger partial charge in [-0.15, -0.1) is 0 Å². The molecule has 2 aliphatic heterocycles. The van der Waals surface area contributed by atoms with Crippen molar-refractivity contribution in [2.45, 2.75) is 45.5 Å². The first-order chi connectivity index (χ1) is 13.0. The number of aryl methyl sites for hydroxylation is 1. The molecule has 0 amide bonds. The summed E-state index contributed by atoms with van der Waals surface area (Å²) in [6.45, 7) is 6.88. The standard InChI is InChI=1S/C20H20N4O2S/c1-4-23-12(2)13(11-21-23)9-17-18(25)24-15-10-20(3,22-19(24)27-17)26-16-8-6-5-7-14(15)16/h5-9,11,15H,4,10H2,1-3H3/b17-9-. The van der Waals surface area contributed by atoms with Gasteiger partial charge in [-0.25, -0.2) is 4.99 Å². The highest BCUT2D eigenvalue weighted by molar-refractivity contribution is 7.07. The van der Waals surface area contributed by atoms with Gasteiger partial charge in [-0.3, -0.25) is 14.0 Å². The molecule has 4 heterocycles. The lowest BCUT2D eigenvalue weighted by molar-refractivity contribution is 0.0410. The Hall–Kier alpha value is -2.67. The molecule has 1 aromatic carbocycles. The molecule has 0 saturated carbocycles. The van der Waals surface area contributed by atoms with Gasteiger partial charge in [0.05, 0.1) is 16.8 Å². The van der Waals surface area contributed by atoms with Gasteiger partial charge in [0.1, 0.15) is 5.75 Å². The second-order valence-electron chi connectivity index (χ2n) is 7.22. The molecule has 27 heavy (non-hydrogen) atoms. The maximum absolute atomic E-state index is 13.2. The number of aromatic nitrogens is 3. The molecule has 2 bridgehead atoms. The fourth-order valence-electron chi connectivity index (χ4n) is 4.00. The van der Waals surface area contributed by atoms with E-state index in [2.05, 4.69) is 12.0 Å². The Morgan fingerprint density at radius 2 is 2.22 bits per heavy atom. The Morgan fingerprint density at radius 3 is 3.00 bits per heavy atom. The van der Waals surface area contributed by atoms with E-state index in [1.807, 2.05) is 59.6 Å². The Balaban J connectivity index is 1.74. The summed E-state index contributed by atoms with van der Waals surface area (Å²) in [4.78, 5) is 18.7. The Kier molecular flexibility index (Phi) is 3.46. The topological polar surface area (TPSA) is 61.4 Å². The molecule has 6 nitrogen and oxygen atoms in total. The quantitative estimate of drug-likeness (QED) is 0.683. The third-order valence-corrected chi connectivity index (χ3v) is 6.37. The van der Waals surface area contributed by atoms with Gasteiger partial charge in [-0.2, -0.15) is 5.10 Å². The fourth-order valence-corrected chi connectivity index (χ4v) is 5.11. The maximum atomic E-state index is 13.2. The summed E-state index contributed by atoms with van der Waals surface area (Å²) < 4.78 is 10.6. The van der Waals surface area contributed by atoms with Crippen molar-refractivity contribution >= 4 is 17.4 Å². The maximum Gasteiger partial charge on any atom is 0.270 e. The van der Waals surface area contributed by atoms with E-state index in [0.717, 1.165) is 33.9 Å². The van der Waals surface area contributed by atoms with E-state index in [4.69, 9.17) is 9.73 Å². The van der Waals surface area contributed by atoms with Crippen molar-refractivity contribution < 1.29 is 4.74 Å². The van der Waals surface area contributed by atoms with Gasteiger partial charge in [-0.1, -0.05) is 29.5 Å². The predicted octanol–water partition coefficient (Wildman–Crippen LogP) is 1.98. The average molecular weight is 380 g/mol. The SMILES string of the molecule is CCn1ncc(/C=c2\sc3n(c2=O)C2CC(C)(N=3)Oc3ccccc32)c1C. The van der Waals surface area contributed by atoms with Gasteiger partial charge < -0.3 is 4.74 Å². The normalized spacial score (nSPS) is 23.4. The van der Waals surface area contributed by atoms with Crippen LogP contribution in [0.4, 0.5) is 0 Å². The van der Waals surface area contributed by atoms with Crippen LogP contribution in [-0.2, 0) is 6.54 Å². The Morgan fingerprint density at radius 1 is 1.41 bits per heavy atom. The second-order valence-corrected chi connectivity index (χ2v) is 8.23. The average Bonchev–Trinajstić information content (AvgIpc) is 3.14. The van der Waals surface area contributed by atoms with Crippen LogP contribution in [0.3, 0.4) is 0 Å². The van der Waals surface area contributed by atoms with E-state index >= 15 is 0 Å². The van der Waals surface area contributed by atoms with Crippen molar-refractivity contribution in [2.24, 2.45) is 4.99 Å². The number of nitrogens with zero attached hydrogens (tertiary/aromatic N) is 4. The lowest BCUT2D eigenvalue weighted by atomic mass is 9.93. The van der Waals surface area contributed by atoms with E-state index in [1.54, 1.807) is 0 Å². The molecular formula is C20H20N4O2S. The van der Waals surface area contributed by atoms with Crippen molar-refractivity contribution in [1.29, 1.82) is 0 Å². The number of fused-ring (bicyclic) bond motifs is 6. The zero-order valence-corrected chi connectivity index (χ0v) is 16.3. The molecule has 0 radical (unpaired) electrons. The van der Waals surface area contributed by atoms with Crippen LogP contribution in [0.5, 0.6) is 5.75 Å². The number of thiazole rings is 1. The van der Waals surface area contributed by atoms with Crippen LogP contribution in [0.25, 0.3) is 6.08 Å². The number of hydrogen-bond donors (Lipinski definition) is 0. The van der Waals surface area contributed by atoms with Crippen LogP contribution < -0.4 is 19.6 Å². The monoisotopic (exact) mass is 380 g/mol. The van der Waals surface area contributed by atoms with E-state index in [9.17, 15) is 4.79 Å². The molecule has 2 atom stereocenters. The Labute approximate surface area is 160 Å². The highest BCUT2D eigenvalue weighted by atomic mass is 32.1. The lowest BCUT2D eigenvalue weighted by Crippen LogP contribution is -2.49. The molecule has 0 spiro atoms. The summed E-state index contributed by atoms with van der Waals surface area (Å²) in [6, 6.07) is 7.89. The zero-order chi connectivity index (χ0) is 18.8. The van der Waals surface area contributed by atoms with Crippen LogP contribution in [-0.4, -0.2) is 20.1 Å². The van der Waals surface area contributed by atoms with Crippen molar-refractivity contribution in [2.75, 3.05) is 0 Å². The molecule has 3 aromatic rings. The van der Waals surface area contributed by atoms with Crippen molar-refractivity contribution in [3.05, 3.63) is 67.0 Å². The van der Waals surface area contributed by atoms with Crippen LogP contribution in [0, 0.1) is 6.92 Å². The lowest BCUT2D eigenvalue weighted by Gasteiger charge is -2.39. The summed E-state index contributed by atoms with van der Waals surface area (Å²) in [7, 11) is 0.